The molecule has 144 valence electrons. The van der Waals surface area contributed by atoms with E-state index in [1.165, 1.54) is 5.39 Å². The van der Waals surface area contributed by atoms with E-state index in [4.69, 9.17) is 0 Å². The number of aromatic nitrogens is 4. The number of pyridine rings is 1. The van der Waals surface area contributed by atoms with Crippen molar-refractivity contribution < 1.29 is 0 Å². The number of nitriles is 1. The van der Waals surface area contributed by atoms with Gasteiger partial charge < -0.3 is 9.47 Å². The normalized spacial score (nSPS) is 11.0. The topological polar surface area (TPSA) is 70.6 Å². The molecule has 0 bridgehead atoms. The maximum Gasteiger partial charge on any atom is 0.101 e. The lowest BCUT2D eigenvalue weighted by atomic mass is 10.1. The summed E-state index contributed by atoms with van der Waals surface area (Å²) in [5.74, 6) is 0. The van der Waals surface area contributed by atoms with E-state index in [1.54, 1.807) is 30.9 Å². The molecule has 5 rings (SSSR count). The lowest BCUT2D eigenvalue weighted by molar-refractivity contribution is 0.978. The molecule has 3 aromatic heterocycles. The molecule has 6 heteroatoms. The Balaban J connectivity index is 1.76. The monoisotopic (exact) mass is 390 g/mol. The maximum absolute atomic E-state index is 9.51. The molecule has 0 amide bonds. The van der Waals surface area contributed by atoms with Crippen molar-refractivity contribution in [1.82, 2.24) is 19.5 Å². The lowest BCUT2D eigenvalue weighted by Crippen LogP contribution is -2.12. The van der Waals surface area contributed by atoms with Gasteiger partial charge in [-0.1, -0.05) is 18.2 Å². The Labute approximate surface area is 173 Å². The van der Waals surface area contributed by atoms with Gasteiger partial charge in [-0.05, 0) is 30.3 Å². The lowest BCUT2D eigenvalue weighted by Gasteiger charge is -2.21. The second-order valence-corrected chi connectivity index (χ2v) is 7.13. The van der Waals surface area contributed by atoms with Gasteiger partial charge in [0.2, 0.25) is 0 Å². The summed E-state index contributed by atoms with van der Waals surface area (Å²) >= 11 is 0. The standard InChI is InChI=1S/C24H18N6/c1-29(23-15-26-8-7-17(23)14-25)18-12-19(24-20(13-18)27-9-10-28-24)22-11-16-5-3-4-6-21(16)30(22)2/h3-13,15H,1-2H3. The van der Waals surface area contributed by atoms with Crippen LogP contribution in [0, 0.1) is 11.3 Å². The van der Waals surface area contributed by atoms with Crippen molar-refractivity contribution in [1.29, 1.82) is 5.26 Å². The number of benzene rings is 2. The van der Waals surface area contributed by atoms with Crippen LogP contribution in [0.2, 0.25) is 0 Å². The highest BCUT2D eigenvalue weighted by Crippen LogP contribution is 2.36. The fourth-order valence-corrected chi connectivity index (χ4v) is 3.88. The van der Waals surface area contributed by atoms with Crippen LogP contribution in [0.4, 0.5) is 11.4 Å². The van der Waals surface area contributed by atoms with Gasteiger partial charge in [-0.15, -0.1) is 0 Å². The van der Waals surface area contributed by atoms with E-state index in [0.717, 1.165) is 39.2 Å². The highest BCUT2D eigenvalue weighted by atomic mass is 15.1. The summed E-state index contributed by atoms with van der Waals surface area (Å²) in [6.07, 6.45) is 6.74. The minimum Gasteiger partial charge on any atom is -0.344 e. The first-order chi connectivity index (χ1) is 14.7. The molecule has 0 aliphatic carbocycles. The zero-order chi connectivity index (χ0) is 20.7. The largest absolute Gasteiger partial charge is 0.344 e. The Kier molecular flexibility index (Phi) is 4.15. The molecule has 5 aromatic rings. The minimum atomic E-state index is 0.567. The third kappa shape index (κ3) is 2.76. The fraction of sp³-hybridized carbons (Fsp3) is 0.0833. The van der Waals surface area contributed by atoms with Crippen molar-refractivity contribution in [3.05, 3.63) is 78.9 Å². The Morgan fingerprint density at radius 2 is 1.83 bits per heavy atom. The van der Waals surface area contributed by atoms with Gasteiger partial charge in [0.15, 0.2) is 0 Å². The predicted octanol–water partition coefficient (Wildman–Crippen LogP) is 4.82. The van der Waals surface area contributed by atoms with Crippen molar-refractivity contribution in [3.8, 4) is 17.3 Å². The molecule has 2 aromatic carbocycles. The van der Waals surface area contributed by atoms with Gasteiger partial charge in [-0.3, -0.25) is 15.0 Å². The van der Waals surface area contributed by atoms with E-state index < -0.39 is 0 Å². The van der Waals surface area contributed by atoms with Crippen molar-refractivity contribution in [2.24, 2.45) is 7.05 Å². The molecule has 0 atom stereocenters. The number of anilines is 2. The van der Waals surface area contributed by atoms with Crippen LogP contribution in [0.1, 0.15) is 5.56 Å². The van der Waals surface area contributed by atoms with Gasteiger partial charge in [-0.2, -0.15) is 5.26 Å². The molecule has 0 aliphatic rings. The van der Waals surface area contributed by atoms with E-state index in [2.05, 4.69) is 56.9 Å². The summed E-state index contributed by atoms with van der Waals surface area (Å²) in [6.45, 7) is 0. The highest BCUT2D eigenvalue weighted by Gasteiger charge is 2.17. The Hall–Kier alpha value is -4.24. The Morgan fingerprint density at radius 1 is 1.00 bits per heavy atom. The Bertz CT molecular complexity index is 1440. The SMILES string of the molecule is CN(c1cc(-c2cc3ccccc3n2C)c2nccnc2c1)c1cnccc1C#N. The fourth-order valence-electron chi connectivity index (χ4n) is 3.88. The molecular formula is C24H18N6. The molecule has 0 saturated carbocycles. The third-order valence-corrected chi connectivity index (χ3v) is 5.46. The molecule has 6 nitrogen and oxygen atoms in total. The number of nitrogens with zero attached hydrogens (tertiary/aromatic N) is 6. The van der Waals surface area contributed by atoms with Gasteiger partial charge in [0.25, 0.3) is 0 Å². The maximum atomic E-state index is 9.51. The van der Waals surface area contributed by atoms with Gasteiger partial charge >= 0.3 is 0 Å². The van der Waals surface area contributed by atoms with E-state index in [-0.39, 0.29) is 0 Å². The number of aryl methyl sites for hydroxylation is 1. The first kappa shape index (κ1) is 17.8. The summed E-state index contributed by atoms with van der Waals surface area (Å²) in [4.78, 5) is 15.3. The van der Waals surface area contributed by atoms with E-state index >= 15 is 0 Å². The van der Waals surface area contributed by atoms with Gasteiger partial charge in [0.1, 0.15) is 6.07 Å². The first-order valence-electron chi connectivity index (χ1n) is 9.55. The molecule has 0 unspecified atom stereocenters. The molecule has 30 heavy (non-hydrogen) atoms. The number of fused-ring (bicyclic) bond motifs is 2. The number of hydrogen-bond donors (Lipinski definition) is 0. The predicted molar refractivity (Wildman–Crippen MR) is 118 cm³/mol. The smallest absolute Gasteiger partial charge is 0.101 e. The van der Waals surface area contributed by atoms with Crippen molar-refractivity contribution in [2.45, 2.75) is 0 Å². The van der Waals surface area contributed by atoms with Crippen molar-refractivity contribution in [2.75, 3.05) is 11.9 Å². The van der Waals surface area contributed by atoms with Gasteiger partial charge in [0, 0.05) is 54.8 Å². The first-order valence-corrected chi connectivity index (χ1v) is 9.55. The second-order valence-electron chi connectivity index (χ2n) is 7.13. The molecular weight excluding hydrogens is 372 g/mol. The van der Waals surface area contributed by atoms with Gasteiger partial charge in [-0.25, -0.2) is 0 Å². The summed E-state index contributed by atoms with van der Waals surface area (Å²) in [5.41, 5.74) is 7.06. The molecule has 3 heterocycles. The highest BCUT2D eigenvalue weighted by molar-refractivity contribution is 5.98. The third-order valence-electron chi connectivity index (χ3n) is 5.46. The van der Waals surface area contributed by atoms with Crippen LogP contribution in [0.5, 0.6) is 0 Å². The molecule has 0 saturated heterocycles. The summed E-state index contributed by atoms with van der Waals surface area (Å²) in [7, 11) is 3.99. The molecule has 0 aliphatic heterocycles. The van der Waals surface area contributed by atoms with Crippen LogP contribution in [0.3, 0.4) is 0 Å². The van der Waals surface area contributed by atoms with Crippen molar-refractivity contribution >= 4 is 33.3 Å². The number of rotatable bonds is 3. The van der Waals surface area contributed by atoms with Crippen LogP contribution in [0.25, 0.3) is 33.2 Å². The summed E-state index contributed by atoms with van der Waals surface area (Å²) in [6, 6.07) is 18.5. The van der Waals surface area contributed by atoms with Crippen LogP contribution in [-0.2, 0) is 7.05 Å². The zero-order valence-corrected chi connectivity index (χ0v) is 16.6. The zero-order valence-electron chi connectivity index (χ0n) is 16.6. The summed E-state index contributed by atoms with van der Waals surface area (Å²) in [5, 5.41) is 10.7. The van der Waals surface area contributed by atoms with Crippen molar-refractivity contribution in [3.63, 3.8) is 0 Å². The molecule has 0 radical (unpaired) electrons. The van der Waals surface area contributed by atoms with E-state index in [1.807, 2.05) is 30.1 Å². The number of hydrogen-bond acceptors (Lipinski definition) is 5. The van der Waals surface area contributed by atoms with E-state index in [9.17, 15) is 5.26 Å². The Morgan fingerprint density at radius 3 is 2.67 bits per heavy atom. The van der Waals surface area contributed by atoms with Crippen LogP contribution < -0.4 is 4.90 Å². The molecule has 0 fully saturated rings. The average Bonchev–Trinajstić information content (AvgIpc) is 3.14. The number of para-hydroxylation sites is 1. The van der Waals surface area contributed by atoms with Crippen LogP contribution >= 0.6 is 0 Å². The van der Waals surface area contributed by atoms with E-state index in [0.29, 0.717) is 5.56 Å². The summed E-state index contributed by atoms with van der Waals surface area (Å²) < 4.78 is 2.17. The quantitative estimate of drug-likeness (QED) is 0.442. The average molecular weight is 390 g/mol. The second kappa shape index (κ2) is 6.98. The van der Waals surface area contributed by atoms with Crippen LogP contribution in [-0.4, -0.2) is 26.6 Å². The van der Waals surface area contributed by atoms with Gasteiger partial charge in [0.05, 0.1) is 34.2 Å². The molecule has 0 N–H and O–H groups in total. The van der Waals surface area contributed by atoms with Crippen LogP contribution in [0.15, 0.2) is 73.3 Å². The minimum absolute atomic E-state index is 0.567. The molecule has 0 spiro atoms.